The highest BCUT2D eigenvalue weighted by atomic mass is 16.5. The predicted molar refractivity (Wildman–Crippen MR) is 60.9 cm³/mol. The van der Waals surface area contributed by atoms with Crippen molar-refractivity contribution in [3.8, 4) is 0 Å². The fourth-order valence-corrected chi connectivity index (χ4v) is 1.18. The first-order valence-corrected chi connectivity index (χ1v) is 5.28. The van der Waals surface area contributed by atoms with Crippen LogP contribution in [0.4, 0.5) is 0 Å². The molecule has 0 aliphatic rings. The minimum absolute atomic E-state index is 0.103. The highest BCUT2D eigenvalue weighted by molar-refractivity contribution is 5.86. The molecule has 0 saturated heterocycles. The van der Waals surface area contributed by atoms with Crippen molar-refractivity contribution in [2.24, 2.45) is 0 Å². The van der Waals surface area contributed by atoms with Crippen LogP contribution >= 0.6 is 0 Å². The summed E-state index contributed by atoms with van der Waals surface area (Å²) in [5.74, 6) is -1.00. The molecule has 1 N–H and O–H groups in total. The van der Waals surface area contributed by atoms with Gasteiger partial charge in [0, 0.05) is 6.61 Å². The average Bonchev–Trinajstić information content (AvgIpc) is 2.21. The van der Waals surface area contributed by atoms with E-state index in [1.807, 2.05) is 0 Å². The molecule has 0 amide bonds. The molecule has 0 aromatic rings. The minimum Gasteiger partial charge on any atom is -0.478 e. The largest absolute Gasteiger partial charge is 0.478 e. The molecule has 0 rings (SSSR count). The summed E-state index contributed by atoms with van der Waals surface area (Å²) in [4.78, 5) is 10.7. The summed E-state index contributed by atoms with van der Waals surface area (Å²) in [5.41, 5.74) is 0.103. The van der Waals surface area contributed by atoms with Gasteiger partial charge in [0.25, 0.3) is 0 Å². The van der Waals surface area contributed by atoms with Crippen molar-refractivity contribution in [3.63, 3.8) is 0 Å². The number of hydrogen-bond donors (Lipinski definition) is 1. The Morgan fingerprint density at radius 2 is 2.20 bits per heavy atom. The Morgan fingerprint density at radius 1 is 1.53 bits per heavy atom. The second kappa shape index (κ2) is 8.24. The van der Waals surface area contributed by atoms with E-state index in [1.54, 1.807) is 6.08 Å². The maximum absolute atomic E-state index is 10.7. The van der Waals surface area contributed by atoms with Gasteiger partial charge in [0.1, 0.15) is 0 Å². The zero-order valence-electron chi connectivity index (χ0n) is 9.37. The van der Waals surface area contributed by atoms with Crippen LogP contribution in [0.25, 0.3) is 0 Å². The summed E-state index contributed by atoms with van der Waals surface area (Å²) < 4.78 is 5.46. The van der Waals surface area contributed by atoms with E-state index in [4.69, 9.17) is 9.84 Å². The van der Waals surface area contributed by atoms with Crippen molar-refractivity contribution in [1.29, 1.82) is 0 Å². The molecule has 0 heterocycles. The standard InChI is InChI=1S/C12H20O3/c1-4-6-7-9-15-11(8-5-2)10(3)12(13)14/h5,11H,2-4,6-9H2,1H3,(H,13,14). The summed E-state index contributed by atoms with van der Waals surface area (Å²) in [6.07, 6.45) is 4.89. The summed E-state index contributed by atoms with van der Waals surface area (Å²) in [6, 6.07) is 0. The monoisotopic (exact) mass is 212 g/mol. The van der Waals surface area contributed by atoms with Gasteiger partial charge >= 0.3 is 5.97 Å². The summed E-state index contributed by atoms with van der Waals surface area (Å²) in [5, 5.41) is 8.77. The Labute approximate surface area is 91.4 Å². The molecule has 0 bridgehead atoms. The third kappa shape index (κ3) is 6.07. The van der Waals surface area contributed by atoms with Crippen molar-refractivity contribution < 1.29 is 14.6 Å². The molecule has 3 heteroatoms. The summed E-state index contributed by atoms with van der Waals surface area (Å²) >= 11 is 0. The summed E-state index contributed by atoms with van der Waals surface area (Å²) in [6.45, 7) is 9.76. The number of unbranched alkanes of at least 4 members (excludes halogenated alkanes) is 2. The van der Waals surface area contributed by atoms with Gasteiger partial charge in [-0.1, -0.05) is 32.4 Å². The molecule has 0 aliphatic carbocycles. The molecular formula is C12H20O3. The number of ether oxygens (including phenoxy) is 1. The third-order valence-corrected chi connectivity index (χ3v) is 2.11. The lowest BCUT2D eigenvalue weighted by Crippen LogP contribution is -2.20. The Bertz CT molecular complexity index is 221. The van der Waals surface area contributed by atoms with Crippen LogP contribution in [0.2, 0.25) is 0 Å². The number of carboxylic acid groups (broad SMARTS) is 1. The molecule has 0 radical (unpaired) electrons. The SMILES string of the molecule is C=CCC(OCCCCC)C(=C)C(=O)O. The third-order valence-electron chi connectivity index (χ3n) is 2.11. The van der Waals surface area contributed by atoms with E-state index in [9.17, 15) is 4.79 Å². The van der Waals surface area contributed by atoms with Gasteiger partial charge in [-0.15, -0.1) is 6.58 Å². The zero-order chi connectivity index (χ0) is 11.7. The number of aliphatic carboxylic acids is 1. The van der Waals surface area contributed by atoms with Gasteiger partial charge in [0.15, 0.2) is 0 Å². The number of hydrogen-bond acceptors (Lipinski definition) is 2. The van der Waals surface area contributed by atoms with Gasteiger partial charge in [0.2, 0.25) is 0 Å². The first-order valence-electron chi connectivity index (χ1n) is 5.28. The predicted octanol–water partition coefficient (Wildman–Crippen LogP) is 2.78. The van der Waals surface area contributed by atoms with Crippen molar-refractivity contribution in [2.45, 2.75) is 38.7 Å². The van der Waals surface area contributed by atoms with Gasteiger partial charge < -0.3 is 9.84 Å². The molecular weight excluding hydrogens is 192 g/mol. The lowest BCUT2D eigenvalue weighted by Gasteiger charge is -2.15. The average molecular weight is 212 g/mol. The molecule has 15 heavy (non-hydrogen) atoms. The number of carboxylic acids is 1. The van der Waals surface area contributed by atoms with Crippen LogP contribution in [0.15, 0.2) is 24.8 Å². The lowest BCUT2D eigenvalue weighted by atomic mass is 10.1. The summed E-state index contributed by atoms with van der Waals surface area (Å²) in [7, 11) is 0. The van der Waals surface area contributed by atoms with Crippen molar-refractivity contribution in [3.05, 3.63) is 24.8 Å². The molecule has 0 saturated carbocycles. The smallest absolute Gasteiger partial charge is 0.333 e. The van der Waals surface area contributed by atoms with Crippen LogP contribution in [-0.2, 0) is 9.53 Å². The van der Waals surface area contributed by atoms with Crippen molar-refractivity contribution >= 4 is 5.97 Å². The molecule has 0 aliphatic heterocycles. The molecule has 1 unspecified atom stereocenters. The van der Waals surface area contributed by atoms with E-state index in [2.05, 4.69) is 20.1 Å². The van der Waals surface area contributed by atoms with Gasteiger partial charge in [0.05, 0.1) is 11.7 Å². The van der Waals surface area contributed by atoms with E-state index in [1.165, 1.54) is 0 Å². The zero-order valence-corrected chi connectivity index (χ0v) is 9.37. The molecule has 0 fully saturated rings. The topological polar surface area (TPSA) is 46.5 Å². The van der Waals surface area contributed by atoms with Gasteiger partial charge in [-0.2, -0.15) is 0 Å². The molecule has 0 aromatic carbocycles. The fraction of sp³-hybridized carbons (Fsp3) is 0.583. The lowest BCUT2D eigenvalue weighted by molar-refractivity contribution is -0.134. The first kappa shape index (κ1) is 13.9. The second-order valence-electron chi connectivity index (χ2n) is 3.42. The van der Waals surface area contributed by atoms with Crippen LogP contribution in [0.1, 0.15) is 32.6 Å². The van der Waals surface area contributed by atoms with E-state index in [0.29, 0.717) is 13.0 Å². The minimum atomic E-state index is -1.00. The van der Waals surface area contributed by atoms with Crippen LogP contribution in [0.5, 0.6) is 0 Å². The highest BCUT2D eigenvalue weighted by Crippen LogP contribution is 2.11. The van der Waals surface area contributed by atoms with E-state index < -0.39 is 12.1 Å². The first-order chi connectivity index (χ1) is 7.13. The molecule has 1 atom stereocenters. The van der Waals surface area contributed by atoms with Gasteiger partial charge in [-0.3, -0.25) is 0 Å². The second-order valence-corrected chi connectivity index (χ2v) is 3.42. The molecule has 0 aromatic heterocycles. The molecule has 3 nitrogen and oxygen atoms in total. The maximum Gasteiger partial charge on any atom is 0.333 e. The molecule has 0 spiro atoms. The van der Waals surface area contributed by atoms with Crippen molar-refractivity contribution in [1.82, 2.24) is 0 Å². The highest BCUT2D eigenvalue weighted by Gasteiger charge is 2.17. The number of carbonyl (C=O) groups is 1. The Morgan fingerprint density at radius 3 is 2.67 bits per heavy atom. The van der Waals surface area contributed by atoms with Gasteiger partial charge in [-0.05, 0) is 12.8 Å². The van der Waals surface area contributed by atoms with E-state index in [-0.39, 0.29) is 5.57 Å². The number of rotatable bonds is 9. The van der Waals surface area contributed by atoms with Crippen LogP contribution < -0.4 is 0 Å². The van der Waals surface area contributed by atoms with E-state index >= 15 is 0 Å². The van der Waals surface area contributed by atoms with Crippen LogP contribution in [0, 0.1) is 0 Å². The quantitative estimate of drug-likeness (QED) is 0.363. The molecule has 86 valence electrons. The Hall–Kier alpha value is -1.09. The Kier molecular flexibility index (Phi) is 7.64. The van der Waals surface area contributed by atoms with E-state index in [0.717, 1.165) is 19.3 Å². The Balaban J connectivity index is 3.98. The van der Waals surface area contributed by atoms with Gasteiger partial charge in [-0.25, -0.2) is 4.79 Å². The fourth-order valence-electron chi connectivity index (χ4n) is 1.18. The normalized spacial score (nSPS) is 12.1. The van der Waals surface area contributed by atoms with Crippen LogP contribution in [0.3, 0.4) is 0 Å². The van der Waals surface area contributed by atoms with Crippen LogP contribution in [-0.4, -0.2) is 23.8 Å². The van der Waals surface area contributed by atoms with Crippen molar-refractivity contribution in [2.75, 3.05) is 6.61 Å². The maximum atomic E-state index is 10.7.